The van der Waals surface area contributed by atoms with Crippen LogP contribution in [0, 0.1) is 12.8 Å². The van der Waals surface area contributed by atoms with E-state index in [-0.39, 0.29) is 5.92 Å². The highest BCUT2D eigenvalue weighted by Crippen LogP contribution is 2.49. The normalized spacial score (nSPS) is 21.5. The Hall–Kier alpha value is -0.860. The summed E-state index contributed by atoms with van der Waals surface area (Å²) in [5.41, 5.74) is 1.98. The highest BCUT2D eigenvalue weighted by Gasteiger charge is 2.53. The molecule has 1 aromatic carbocycles. The van der Waals surface area contributed by atoms with Gasteiger partial charge in [0.2, 0.25) is 0 Å². The summed E-state index contributed by atoms with van der Waals surface area (Å²) >= 11 is 0. The van der Waals surface area contributed by atoms with Crippen molar-refractivity contribution in [2.45, 2.75) is 105 Å². The smallest absolute Gasteiger partial charge is 0.121 e. The Morgan fingerprint density at radius 2 is 1.56 bits per heavy atom. The minimum atomic E-state index is -0.904. The quantitative estimate of drug-likeness (QED) is 0.634. The van der Waals surface area contributed by atoms with E-state index < -0.39 is 11.2 Å². The molecule has 2 nitrogen and oxygen atoms in total. The van der Waals surface area contributed by atoms with Gasteiger partial charge in [-0.1, -0.05) is 77.1 Å². The van der Waals surface area contributed by atoms with Crippen LogP contribution in [0.3, 0.4) is 0 Å². The molecule has 144 valence electrons. The van der Waals surface area contributed by atoms with Crippen molar-refractivity contribution in [3.05, 3.63) is 34.9 Å². The average Bonchev–Trinajstić information content (AvgIpc) is 2.59. The molecule has 1 aliphatic heterocycles. The van der Waals surface area contributed by atoms with Crippen LogP contribution in [-0.4, -0.2) is 10.7 Å². The van der Waals surface area contributed by atoms with Gasteiger partial charge in [0.1, 0.15) is 5.60 Å². The minimum Gasteiger partial charge on any atom is -0.382 e. The van der Waals surface area contributed by atoms with Crippen molar-refractivity contribution in [3.63, 3.8) is 0 Å². The van der Waals surface area contributed by atoms with Gasteiger partial charge < -0.3 is 9.84 Å². The monoisotopic (exact) mass is 348 g/mol. The Bertz CT molecular complexity index is 513. The number of aliphatic hydroxyl groups is 1. The molecule has 0 saturated carbocycles. The molecule has 0 aromatic heterocycles. The SMILES string of the molecule is CCCC.CCCC(CCC)C1(O)c2cc(C)ccc2COC1(C)C. The summed E-state index contributed by atoms with van der Waals surface area (Å²) < 4.78 is 6.07. The molecule has 1 unspecified atom stereocenters. The van der Waals surface area contributed by atoms with Gasteiger partial charge in [0, 0.05) is 0 Å². The van der Waals surface area contributed by atoms with Crippen LogP contribution in [0.1, 0.15) is 96.8 Å². The van der Waals surface area contributed by atoms with Gasteiger partial charge >= 0.3 is 0 Å². The topological polar surface area (TPSA) is 29.5 Å². The molecule has 1 aliphatic rings. The molecular formula is C23H40O2. The Labute approximate surface area is 156 Å². The third-order valence-electron chi connectivity index (χ3n) is 5.55. The number of benzene rings is 1. The molecule has 0 radical (unpaired) electrons. The highest BCUT2D eigenvalue weighted by atomic mass is 16.5. The van der Waals surface area contributed by atoms with Crippen LogP contribution < -0.4 is 0 Å². The molecule has 0 fully saturated rings. The summed E-state index contributed by atoms with van der Waals surface area (Å²) in [6.07, 6.45) is 6.88. The van der Waals surface area contributed by atoms with Crippen molar-refractivity contribution in [1.29, 1.82) is 0 Å². The van der Waals surface area contributed by atoms with E-state index in [2.05, 4.69) is 52.8 Å². The van der Waals surface area contributed by atoms with Gasteiger partial charge in [-0.2, -0.15) is 0 Å². The molecular weight excluding hydrogens is 308 g/mol. The second kappa shape index (κ2) is 9.73. The van der Waals surface area contributed by atoms with Crippen LogP contribution in [0.4, 0.5) is 0 Å². The molecule has 1 aromatic rings. The highest BCUT2D eigenvalue weighted by molar-refractivity contribution is 5.40. The summed E-state index contributed by atoms with van der Waals surface area (Å²) in [7, 11) is 0. The number of aryl methyl sites for hydroxylation is 1. The summed E-state index contributed by atoms with van der Waals surface area (Å²) in [4.78, 5) is 0. The summed E-state index contributed by atoms with van der Waals surface area (Å²) in [6.45, 7) is 15.5. The second-order valence-electron chi connectivity index (χ2n) is 8.00. The Balaban J connectivity index is 0.000000705. The molecule has 0 aliphatic carbocycles. The number of fused-ring (bicyclic) bond motifs is 1. The molecule has 1 N–H and O–H groups in total. The van der Waals surface area contributed by atoms with E-state index in [1.807, 2.05) is 13.8 Å². The minimum absolute atomic E-state index is 0.239. The summed E-state index contributed by atoms with van der Waals surface area (Å²) in [5, 5.41) is 11.8. The predicted octanol–water partition coefficient (Wildman–Crippen LogP) is 6.51. The molecule has 25 heavy (non-hydrogen) atoms. The van der Waals surface area contributed by atoms with Crippen molar-refractivity contribution in [2.75, 3.05) is 0 Å². The Kier molecular flexibility index (Phi) is 8.63. The van der Waals surface area contributed by atoms with Crippen LogP contribution in [0.5, 0.6) is 0 Å². The molecule has 0 bridgehead atoms. The number of hydrogen-bond acceptors (Lipinski definition) is 2. The maximum atomic E-state index is 11.8. The largest absolute Gasteiger partial charge is 0.382 e. The zero-order chi connectivity index (χ0) is 19.1. The fourth-order valence-corrected chi connectivity index (χ4v) is 3.83. The van der Waals surface area contributed by atoms with Crippen LogP contribution in [-0.2, 0) is 16.9 Å². The van der Waals surface area contributed by atoms with Crippen molar-refractivity contribution in [3.8, 4) is 0 Å². The van der Waals surface area contributed by atoms with E-state index in [0.717, 1.165) is 36.8 Å². The van der Waals surface area contributed by atoms with Gasteiger partial charge in [-0.05, 0) is 50.7 Å². The molecule has 0 saturated heterocycles. The van der Waals surface area contributed by atoms with Gasteiger partial charge in [0.15, 0.2) is 0 Å². The van der Waals surface area contributed by atoms with Crippen LogP contribution in [0.2, 0.25) is 0 Å². The molecule has 0 amide bonds. The first-order chi connectivity index (χ1) is 11.8. The van der Waals surface area contributed by atoms with Crippen molar-refractivity contribution >= 4 is 0 Å². The Morgan fingerprint density at radius 3 is 2.04 bits per heavy atom. The van der Waals surface area contributed by atoms with Crippen molar-refractivity contribution in [1.82, 2.24) is 0 Å². The first-order valence-corrected chi connectivity index (χ1v) is 10.2. The first-order valence-electron chi connectivity index (χ1n) is 10.2. The lowest BCUT2D eigenvalue weighted by Gasteiger charge is -2.51. The molecule has 0 spiro atoms. The lowest BCUT2D eigenvalue weighted by atomic mass is 9.65. The van der Waals surface area contributed by atoms with Crippen LogP contribution >= 0.6 is 0 Å². The van der Waals surface area contributed by atoms with Crippen LogP contribution in [0.25, 0.3) is 0 Å². The lowest BCUT2D eigenvalue weighted by Crippen LogP contribution is -2.57. The fourth-order valence-electron chi connectivity index (χ4n) is 3.83. The summed E-state index contributed by atoms with van der Waals surface area (Å²) in [6, 6.07) is 6.38. The van der Waals surface area contributed by atoms with E-state index in [1.165, 1.54) is 18.4 Å². The molecule has 2 rings (SSSR count). The lowest BCUT2D eigenvalue weighted by molar-refractivity contribution is -0.219. The van der Waals surface area contributed by atoms with Gasteiger partial charge in [0.25, 0.3) is 0 Å². The third-order valence-corrected chi connectivity index (χ3v) is 5.55. The Morgan fingerprint density at radius 1 is 1.00 bits per heavy atom. The third kappa shape index (κ3) is 4.86. The number of hydrogen-bond donors (Lipinski definition) is 1. The van der Waals surface area contributed by atoms with E-state index in [1.54, 1.807) is 0 Å². The van der Waals surface area contributed by atoms with Crippen molar-refractivity contribution < 1.29 is 9.84 Å². The van der Waals surface area contributed by atoms with Gasteiger partial charge in [-0.3, -0.25) is 0 Å². The number of ether oxygens (including phenoxy) is 1. The molecule has 1 atom stereocenters. The summed E-state index contributed by atoms with van der Waals surface area (Å²) in [5.74, 6) is 0.239. The zero-order valence-corrected chi connectivity index (χ0v) is 17.6. The second-order valence-corrected chi connectivity index (χ2v) is 8.00. The van der Waals surface area contributed by atoms with E-state index >= 15 is 0 Å². The van der Waals surface area contributed by atoms with E-state index in [4.69, 9.17) is 4.74 Å². The number of unbranched alkanes of at least 4 members (excludes halogenated alkanes) is 1. The molecule has 2 heteroatoms. The van der Waals surface area contributed by atoms with Crippen molar-refractivity contribution in [2.24, 2.45) is 5.92 Å². The maximum Gasteiger partial charge on any atom is 0.121 e. The van der Waals surface area contributed by atoms with Gasteiger partial charge in [0.05, 0.1) is 12.2 Å². The van der Waals surface area contributed by atoms with Crippen LogP contribution in [0.15, 0.2) is 18.2 Å². The zero-order valence-electron chi connectivity index (χ0n) is 17.6. The fraction of sp³-hybridized carbons (Fsp3) is 0.739. The predicted molar refractivity (Wildman–Crippen MR) is 108 cm³/mol. The average molecular weight is 349 g/mol. The molecule has 1 heterocycles. The number of rotatable bonds is 6. The van der Waals surface area contributed by atoms with E-state index in [0.29, 0.717) is 6.61 Å². The first kappa shape index (κ1) is 22.2. The van der Waals surface area contributed by atoms with E-state index in [9.17, 15) is 5.11 Å². The van der Waals surface area contributed by atoms with Gasteiger partial charge in [-0.25, -0.2) is 0 Å². The standard InChI is InChI=1S/C19H30O2.C4H10/c1-6-8-16(9-7-2)19(20)17-12-14(3)10-11-15(17)13-21-18(19,4)5;1-3-4-2/h10-12,16,20H,6-9,13H2,1-5H3;3-4H2,1-2H3. The van der Waals surface area contributed by atoms with Gasteiger partial charge in [-0.15, -0.1) is 0 Å². The maximum absolute atomic E-state index is 11.8.